The molecule has 2 aromatic rings. The highest BCUT2D eigenvalue weighted by molar-refractivity contribution is 5.92. The van der Waals surface area contributed by atoms with Crippen molar-refractivity contribution in [2.45, 2.75) is 12.8 Å². The van der Waals surface area contributed by atoms with Gasteiger partial charge >= 0.3 is 0 Å². The summed E-state index contributed by atoms with van der Waals surface area (Å²) in [6.45, 7) is 1.31. The van der Waals surface area contributed by atoms with E-state index >= 15 is 0 Å². The summed E-state index contributed by atoms with van der Waals surface area (Å²) in [5.41, 5.74) is 1.60. The van der Waals surface area contributed by atoms with E-state index in [4.69, 9.17) is 10.9 Å². The molecule has 0 saturated carbocycles. The number of piperidine rings is 1. The lowest BCUT2D eigenvalue weighted by molar-refractivity contribution is 0.0657. The third-order valence-electron chi connectivity index (χ3n) is 3.73. The molecule has 1 fully saturated rings. The molecule has 1 aromatic carbocycles. The van der Waals surface area contributed by atoms with Gasteiger partial charge in [0.25, 0.3) is 5.91 Å². The van der Waals surface area contributed by atoms with E-state index < -0.39 is 0 Å². The number of hydrogen-bond donors (Lipinski definition) is 0. The predicted molar refractivity (Wildman–Crippen MR) is 79.4 cm³/mol. The first-order valence-corrected chi connectivity index (χ1v) is 7.05. The van der Waals surface area contributed by atoms with E-state index in [1.807, 2.05) is 30.3 Å². The van der Waals surface area contributed by atoms with Crippen LogP contribution in [0.1, 0.15) is 23.4 Å². The Morgan fingerprint density at radius 2 is 2.19 bits per heavy atom. The summed E-state index contributed by atoms with van der Waals surface area (Å²) in [6, 6.07) is 11.3. The van der Waals surface area contributed by atoms with Crippen molar-refractivity contribution in [3.63, 3.8) is 0 Å². The van der Waals surface area contributed by atoms with E-state index in [1.165, 1.54) is 0 Å². The van der Waals surface area contributed by atoms with Crippen LogP contribution in [-0.4, -0.2) is 29.1 Å². The minimum atomic E-state index is -0.135. The van der Waals surface area contributed by atoms with Crippen LogP contribution in [0.15, 0.2) is 40.9 Å². The molecule has 0 aliphatic carbocycles. The molecule has 1 saturated heterocycles. The van der Waals surface area contributed by atoms with Crippen LogP contribution >= 0.6 is 0 Å². The highest BCUT2D eigenvalue weighted by Gasteiger charge is 2.26. The second-order valence-electron chi connectivity index (χ2n) is 5.20. The minimum Gasteiger partial charge on any atom is -0.350 e. The molecule has 0 N–H and O–H groups in total. The van der Waals surface area contributed by atoms with Crippen molar-refractivity contribution in [3.8, 4) is 23.6 Å². The number of benzene rings is 1. The maximum atomic E-state index is 12.4. The summed E-state index contributed by atoms with van der Waals surface area (Å²) < 4.78 is 5.21. The van der Waals surface area contributed by atoms with Crippen LogP contribution in [0.25, 0.3) is 11.3 Å². The monoisotopic (exact) mass is 280 g/mol. The van der Waals surface area contributed by atoms with Crippen LogP contribution in [0.3, 0.4) is 0 Å². The molecule has 0 spiro atoms. The van der Waals surface area contributed by atoms with Gasteiger partial charge in [0.1, 0.15) is 5.69 Å². The highest BCUT2D eigenvalue weighted by atomic mass is 16.5. The summed E-state index contributed by atoms with van der Waals surface area (Å²) in [4.78, 5) is 14.2. The Labute approximate surface area is 123 Å². The van der Waals surface area contributed by atoms with Gasteiger partial charge in [0, 0.05) is 30.6 Å². The third-order valence-corrected chi connectivity index (χ3v) is 3.73. The van der Waals surface area contributed by atoms with Crippen molar-refractivity contribution in [2.24, 2.45) is 5.92 Å². The molecule has 4 heteroatoms. The van der Waals surface area contributed by atoms with Gasteiger partial charge in [-0.05, 0) is 12.8 Å². The number of amides is 1. The van der Waals surface area contributed by atoms with Crippen molar-refractivity contribution in [2.75, 3.05) is 13.1 Å². The van der Waals surface area contributed by atoms with Crippen molar-refractivity contribution >= 4 is 5.91 Å². The Kier molecular flexibility index (Phi) is 3.74. The Morgan fingerprint density at radius 1 is 1.38 bits per heavy atom. The minimum absolute atomic E-state index is 0.135. The van der Waals surface area contributed by atoms with Crippen LogP contribution in [0.5, 0.6) is 0 Å². The topological polar surface area (TPSA) is 46.3 Å². The van der Waals surface area contributed by atoms with Crippen molar-refractivity contribution < 1.29 is 9.32 Å². The smallest absolute Gasteiger partial charge is 0.292 e. The largest absolute Gasteiger partial charge is 0.350 e. The van der Waals surface area contributed by atoms with E-state index in [1.54, 1.807) is 11.0 Å². The molecule has 106 valence electrons. The lowest BCUT2D eigenvalue weighted by Crippen LogP contribution is -2.39. The molecule has 1 aliphatic rings. The molecule has 4 nitrogen and oxygen atoms in total. The van der Waals surface area contributed by atoms with Crippen LogP contribution in [0.2, 0.25) is 0 Å². The van der Waals surface area contributed by atoms with Crippen LogP contribution in [-0.2, 0) is 0 Å². The van der Waals surface area contributed by atoms with E-state index in [2.05, 4.69) is 11.1 Å². The summed E-state index contributed by atoms with van der Waals surface area (Å²) in [5, 5.41) is 3.98. The van der Waals surface area contributed by atoms with Crippen LogP contribution in [0, 0.1) is 18.3 Å². The first-order valence-electron chi connectivity index (χ1n) is 7.05. The molecular formula is C17H16N2O2. The van der Waals surface area contributed by atoms with Gasteiger partial charge in [-0.3, -0.25) is 4.79 Å². The number of hydrogen-bond acceptors (Lipinski definition) is 3. The van der Waals surface area contributed by atoms with Crippen molar-refractivity contribution in [3.05, 3.63) is 42.2 Å². The van der Waals surface area contributed by atoms with Gasteiger partial charge in [-0.25, -0.2) is 0 Å². The van der Waals surface area contributed by atoms with Gasteiger partial charge in [-0.1, -0.05) is 35.5 Å². The molecule has 0 bridgehead atoms. The number of terminal acetylenes is 1. The van der Waals surface area contributed by atoms with Crippen LogP contribution < -0.4 is 0 Å². The van der Waals surface area contributed by atoms with Crippen LogP contribution in [0.4, 0.5) is 0 Å². The third kappa shape index (κ3) is 2.82. The molecule has 2 heterocycles. The fourth-order valence-electron chi connectivity index (χ4n) is 2.57. The summed E-state index contributed by atoms with van der Waals surface area (Å²) in [6.07, 6.45) is 7.37. The standard InChI is InChI=1S/C17H16N2O2/c1-2-13-7-6-10-19(12-13)17(20)16-11-15(18-21-16)14-8-4-3-5-9-14/h1,3-5,8-9,11,13H,6-7,10,12H2/t13-/m0/s1. The first-order chi connectivity index (χ1) is 10.3. The van der Waals surface area contributed by atoms with Gasteiger partial charge < -0.3 is 9.42 Å². The zero-order valence-electron chi connectivity index (χ0n) is 11.7. The van der Waals surface area contributed by atoms with Gasteiger partial charge in [0.05, 0.1) is 0 Å². The van der Waals surface area contributed by atoms with Gasteiger partial charge in [0.2, 0.25) is 5.76 Å². The fraction of sp³-hybridized carbons (Fsp3) is 0.294. The van der Waals surface area contributed by atoms with Gasteiger partial charge in [-0.2, -0.15) is 0 Å². The zero-order chi connectivity index (χ0) is 14.7. The molecule has 0 radical (unpaired) electrons. The summed E-state index contributed by atoms with van der Waals surface area (Å²) >= 11 is 0. The van der Waals surface area contributed by atoms with E-state index in [9.17, 15) is 4.79 Å². The number of carbonyl (C=O) groups is 1. The fourth-order valence-corrected chi connectivity index (χ4v) is 2.57. The first kappa shape index (κ1) is 13.4. The Balaban J connectivity index is 1.77. The lowest BCUT2D eigenvalue weighted by atomic mass is 9.99. The van der Waals surface area contributed by atoms with E-state index in [0.717, 1.165) is 24.9 Å². The number of likely N-dealkylation sites (tertiary alicyclic amines) is 1. The number of rotatable bonds is 2. The molecule has 1 atom stereocenters. The normalized spacial score (nSPS) is 18.2. The molecule has 1 aromatic heterocycles. The second-order valence-corrected chi connectivity index (χ2v) is 5.20. The highest BCUT2D eigenvalue weighted by Crippen LogP contribution is 2.22. The Hall–Kier alpha value is -2.54. The molecule has 1 amide bonds. The van der Waals surface area contributed by atoms with E-state index in [0.29, 0.717) is 12.2 Å². The average Bonchev–Trinajstić information content (AvgIpc) is 3.05. The molecule has 0 unspecified atom stereocenters. The molecule has 1 aliphatic heterocycles. The van der Waals surface area contributed by atoms with E-state index in [-0.39, 0.29) is 17.6 Å². The quantitative estimate of drug-likeness (QED) is 0.795. The maximum absolute atomic E-state index is 12.4. The number of carbonyl (C=O) groups excluding carboxylic acids is 1. The van der Waals surface area contributed by atoms with Gasteiger partial charge in [-0.15, -0.1) is 12.3 Å². The second kappa shape index (κ2) is 5.84. The Bertz CT molecular complexity index is 670. The average molecular weight is 280 g/mol. The summed E-state index contributed by atoms with van der Waals surface area (Å²) in [7, 11) is 0. The predicted octanol–water partition coefficient (Wildman–Crippen LogP) is 2.83. The lowest BCUT2D eigenvalue weighted by Gasteiger charge is -2.29. The maximum Gasteiger partial charge on any atom is 0.292 e. The van der Waals surface area contributed by atoms with Crippen molar-refractivity contribution in [1.29, 1.82) is 0 Å². The molecule has 3 rings (SSSR count). The SMILES string of the molecule is C#C[C@H]1CCCN(C(=O)c2cc(-c3ccccc3)no2)C1. The zero-order valence-corrected chi connectivity index (χ0v) is 11.7. The van der Waals surface area contributed by atoms with Gasteiger partial charge in [0.15, 0.2) is 0 Å². The molecular weight excluding hydrogens is 264 g/mol. The molecule has 21 heavy (non-hydrogen) atoms. The number of aromatic nitrogens is 1. The van der Waals surface area contributed by atoms with Crippen molar-refractivity contribution in [1.82, 2.24) is 10.1 Å². The number of nitrogens with zero attached hydrogens (tertiary/aromatic N) is 2. The Morgan fingerprint density at radius 3 is 2.95 bits per heavy atom. The summed E-state index contributed by atoms with van der Waals surface area (Å²) in [5.74, 6) is 3.00.